The highest BCUT2D eigenvalue weighted by Crippen LogP contribution is 2.26. The van der Waals surface area contributed by atoms with Gasteiger partial charge in [-0.2, -0.15) is 0 Å². The second kappa shape index (κ2) is 5.42. The largest absolute Gasteiger partial charge is 0.497 e. The maximum atomic E-state index is 6.27. The summed E-state index contributed by atoms with van der Waals surface area (Å²) in [5, 5.41) is 0.720. The van der Waals surface area contributed by atoms with Gasteiger partial charge in [0.15, 0.2) is 0 Å². The summed E-state index contributed by atoms with van der Waals surface area (Å²) < 4.78 is 5.19. The zero-order chi connectivity index (χ0) is 13.1. The van der Waals surface area contributed by atoms with Crippen molar-refractivity contribution in [1.29, 1.82) is 0 Å². The fourth-order valence-corrected chi connectivity index (χ4v) is 2.10. The molecule has 0 spiro atoms. The predicted octanol–water partition coefficient (Wildman–Crippen LogP) is 3.71. The van der Waals surface area contributed by atoms with Crippen LogP contribution in [0.1, 0.15) is 22.7 Å². The third-order valence-corrected chi connectivity index (χ3v) is 3.29. The van der Waals surface area contributed by atoms with Crippen LogP contribution in [0, 0.1) is 6.92 Å². The lowest BCUT2D eigenvalue weighted by atomic mass is 9.96. The maximum Gasteiger partial charge on any atom is 0.119 e. The minimum absolute atomic E-state index is 0.145. The molecule has 3 heteroatoms. The number of halogens is 1. The second-order valence-electron chi connectivity index (χ2n) is 4.25. The van der Waals surface area contributed by atoms with Gasteiger partial charge in [-0.25, -0.2) is 0 Å². The highest BCUT2D eigenvalue weighted by molar-refractivity contribution is 6.30. The topological polar surface area (TPSA) is 35.2 Å². The van der Waals surface area contributed by atoms with Gasteiger partial charge in [0.05, 0.1) is 13.2 Å². The lowest BCUT2D eigenvalue weighted by molar-refractivity contribution is 0.414. The Bertz CT molecular complexity index is 537. The predicted molar refractivity (Wildman–Crippen MR) is 75.2 cm³/mol. The molecule has 0 radical (unpaired) electrons. The number of benzene rings is 2. The Morgan fingerprint density at radius 1 is 1.11 bits per heavy atom. The van der Waals surface area contributed by atoms with E-state index in [4.69, 9.17) is 22.1 Å². The third kappa shape index (κ3) is 2.66. The molecule has 0 heterocycles. The summed E-state index contributed by atoms with van der Waals surface area (Å²) >= 11 is 5.88. The number of methoxy groups -OCH3 is 1. The highest BCUT2D eigenvalue weighted by Gasteiger charge is 2.11. The summed E-state index contributed by atoms with van der Waals surface area (Å²) in [6, 6.07) is 13.4. The maximum absolute atomic E-state index is 6.27. The monoisotopic (exact) mass is 261 g/mol. The molecule has 0 aliphatic carbocycles. The van der Waals surface area contributed by atoms with Gasteiger partial charge in [0, 0.05) is 5.02 Å². The fraction of sp³-hybridized carbons (Fsp3) is 0.200. The standard InChI is InChI=1S/C15H16ClNO/c1-10-9-13(18-2)7-8-14(10)15(17)11-3-5-12(16)6-4-11/h3-9,15H,17H2,1-2H3. The molecule has 0 aliphatic rings. The number of rotatable bonds is 3. The lowest BCUT2D eigenvalue weighted by Crippen LogP contribution is -2.13. The number of hydrogen-bond acceptors (Lipinski definition) is 2. The van der Waals surface area contributed by atoms with Gasteiger partial charge >= 0.3 is 0 Å². The zero-order valence-electron chi connectivity index (χ0n) is 10.5. The van der Waals surface area contributed by atoms with Crippen LogP contribution in [0.15, 0.2) is 42.5 Å². The minimum atomic E-state index is -0.145. The fourth-order valence-electron chi connectivity index (χ4n) is 1.97. The van der Waals surface area contributed by atoms with Gasteiger partial charge in [0.25, 0.3) is 0 Å². The summed E-state index contributed by atoms with van der Waals surface area (Å²) in [6.07, 6.45) is 0. The van der Waals surface area contributed by atoms with E-state index in [1.165, 1.54) is 0 Å². The Morgan fingerprint density at radius 2 is 1.78 bits per heavy atom. The van der Waals surface area contributed by atoms with Crippen molar-refractivity contribution in [2.24, 2.45) is 5.73 Å². The van der Waals surface area contributed by atoms with E-state index in [2.05, 4.69) is 0 Å². The van der Waals surface area contributed by atoms with E-state index in [1.54, 1.807) is 7.11 Å². The van der Waals surface area contributed by atoms with Crippen LogP contribution in [-0.4, -0.2) is 7.11 Å². The molecular formula is C15H16ClNO. The van der Waals surface area contributed by atoms with Crippen molar-refractivity contribution in [1.82, 2.24) is 0 Å². The molecule has 2 nitrogen and oxygen atoms in total. The molecule has 0 amide bonds. The van der Waals surface area contributed by atoms with Crippen LogP contribution >= 0.6 is 11.6 Å². The Balaban J connectivity index is 2.33. The zero-order valence-corrected chi connectivity index (χ0v) is 11.2. The first-order valence-corrected chi connectivity index (χ1v) is 6.15. The summed E-state index contributed by atoms with van der Waals surface area (Å²) in [4.78, 5) is 0. The van der Waals surface area contributed by atoms with Crippen molar-refractivity contribution in [3.05, 3.63) is 64.2 Å². The Kier molecular flexibility index (Phi) is 3.90. The molecule has 94 valence electrons. The van der Waals surface area contributed by atoms with Crippen molar-refractivity contribution in [3.8, 4) is 5.75 Å². The lowest BCUT2D eigenvalue weighted by Gasteiger charge is -2.16. The molecule has 2 N–H and O–H groups in total. The first-order chi connectivity index (χ1) is 8.61. The number of hydrogen-bond donors (Lipinski definition) is 1. The smallest absolute Gasteiger partial charge is 0.119 e. The number of nitrogens with two attached hydrogens (primary N) is 1. The molecule has 2 aromatic rings. The van der Waals surface area contributed by atoms with E-state index in [0.717, 1.165) is 27.5 Å². The quantitative estimate of drug-likeness (QED) is 0.914. The average molecular weight is 262 g/mol. The summed E-state index contributed by atoms with van der Waals surface area (Å²) in [7, 11) is 1.66. The highest BCUT2D eigenvalue weighted by atomic mass is 35.5. The van der Waals surface area contributed by atoms with E-state index in [-0.39, 0.29) is 6.04 Å². The van der Waals surface area contributed by atoms with Gasteiger partial charge in [-0.05, 0) is 47.9 Å². The minimum Gasteiger partial charge on any atom is -0.497 e. The third-order valence-electron chi connectivity index (χ3n) is 3.04. The van der Waals surface area contributed by atoms with Gasteiger partial charge in [0.1, 0.15) is 5.75 Å². The van der Waals surface area contributed by atoms with Crippen molar-refractivity contribution >= 4 is 11.6 Å². The molecule has 0 bridgehead atoms. The Labute approximate surface area is 112 Å². The summed E-state index contributed by atoms with van der Waals surface area (Å²) in [5.41, 5.74) is 9.54. The molecule has 0 saturated heterocycles. The average Bonchev–Trinajstić information content (AvgIpc) is 2.38. The van der Waals surface area contributed by atoms with E-state index >= 15 is 0 Å². The number of ether oxygens (including phenoxy) is 1. The van der Waals surface area contributed by atoms with Crippen LogP contribution in [0.25, 0.3) is 0 Å². The molecule has 2 aromatic carbocycles. The van der Waals surface area contributed by atoms with Gasteiger partial charge in [0.2, 0.25) is 0 Å². The van der Waals surface area contributed by atoms with Crippen molar-refractivity contribution in [2.75, 3.05) is 7.11 Å². The van der Waals surface area contributed by atoms with Crippen LogP contribution in [0.3, 0.4) is 0 Å². The number of aryl methyl sites for hydroxylation is 1. The first-order valence-electron chi connectivity index (χ1n) is 5.77. The molecule has 0 fully saturated rings. The van der Waals surface area contributed by atoms with E-state index in [0.29, 0.717) is 0 Å². The van der Waals surface area contributed by atoms with Gasteiger partial charge in [-0.1, -0.05) is 29.8 Å². The molecule has 0 aliphatic heterocycles. The van der Waals surface area contributed by atoms with Crippen LogP contribution in [0.2, 0.25) is 5.02 Å². The van der Waals surface area contributed by atoms with E-state index in [1.807, 2.05) is 49.4 Å². The van der Waals surface area contributed by atoms with Gasteiger partial charge in [-0.15, -0.1) is 0 Å². The first kappa shape index (κ1) is 12.9. The Hall–Kier alpha value is -1.51. The SMILES string of the molecule is COc1ccc(C(N)c2ccc(Cl)cc2)c(C)c1. The molecule has 2 rings (SSSR count). The molecule has 0 aromatic heterocycles. The van der Waals surface area contributed by atoms with Crippen molar-refractivity contribution in [2.45, 2.75) is 13.0 Å². The molecule has 1 unspecified atom stereocenters. The van der Waals surface area contributed by atoms with Crippen LogP contribution in [0.5, 0.6) is 5.75 Å². The van der Waals surface area contributed by atoms with Crippen LogP contribution in [-0.2, 0) is 0 Å². The summed E-state index contributed by atoms with van der Waals surface area (Å²) in [6.45, 7) is 2.04. The molecular weight excluding hydrogens is 246 g/mol. The van der Waals surface area contributed by atoms with Gasteiger partial charge in [-0.3, -0.25) is 0 Å². The second-order valence-corrected chi connectivity index (χ2v) is 4.69. The molecule has 0 saturated carbocycles. The van der Waals surface area contributed by atoms with E-state index < -0.39 is 0 Å². The van der Waals surface area contributed by atoms with Crippen molar-refractivity contribution < 1.29 is 4.74 Å². The normalized spacial score (nSPS) is 12.2. The van der Waals surface area contributed by atoms with Crippen LogP contribution in [0.4, 0.5) is 0 Å². The van der Waals surface area contributed by atoms with E-state index in [9.17, 15) is 0 Å². The van der Waals surface area contributed by atoms with Gasteiger partial charge < -0.3 is 10.5 Å². The molecule has 18 heavy (non-hydrogen) atoms. The molecule has 1 atom stereocenters. The Morgan fingerprint density at radius 3 is 2.33 bits per heavy atom. The summed E-state index contributed by atoms with van der Waals surface area (Å²) in [5.74, 6) is 0.847. The van der Waals surface area contributed by atoms with Crippen LogP contribution < -0.4 is 10.5 Å². The van der Waals surface area contributed by atoms with Crippen molar-refractivity contribution in [3.63, 3.8) is 0 Å².